The molecule has 0 saturated heterocycles. The number of ether oxygens (including phenoxy) is 1. The summed E-state index contributed by atoms with van der Waals surface area (Å²) in [5, 5.41) is 12.7. The predicted molar refractivity (Wildman–Crippen MR) is 87.3 cm³/mol. The molecule has 0 unspecified atom stereocenters. The van der Waals surface area contributed by atoms with E-state index in [1.807, 2.05) is 6.92 Å². The fourth-order valence-corrected chi connectivity index (χ4v) is 2.04. The average Bonchev–Trinajstić information content (AvgIpc) is 3.00. The Balaban J connectivity index is 2.06. The molecule has 0 aliphatic rings. The zero-order valence-corrected chi connectivity index (χ0v) is 13.4. The number of carboxylic acid groups (broad SMARTS) is 1. The quantitative estimate of drug-likeness (QED) is 0.600. The maximum absolute atomic E-state index is 12.0. The van der Waals surface area contributed by atoms with Crippen molar-refractivity contribution in [1.82, 2.24) is 5.43 Å². The molecule has 0 spiro atoms. The third kappa shape index (κ3) is 4.45. The van der Waals surface area contributed by atoms with Gasteiger partial charge in [-0.05, 0) is 49.2 Å². The van der Waals surface area contributed by atoms with Crippen LogP contribution in [0.15, 0.2) is 46.1 Å². The molecule has 2 aromatic rings. The molecule has 24 heavy (non-hydrogen) atoms. The van der Waals surface area contributed by atoms with E-state index in [0.717, 1.165) is 5.56 Å². The van der Waals surface area contributed by atoms with Crippen LogP contribution in [-0.4, -0.2) is 29.3 Å². The monoisotopic (exact) mass is 330 g/mol. The number of rotatable bonds is 7. The highest BCUT2D eigenvalue weighted by Crippen LogP contribution is 2.14. The molecular weight excluding hydrogens is 312 g/mol. The van der Waals surface area contributed by atoms with Crippen LogP contribution in [0.1, 0.15) is 35.0 Å². The first kappa shape index (κ1) is 17.3. The van der Waals surface area contributed by atoms with Gasteiger partial charge in [0.25, 0.3) is 5.91 Å². The number of carboxylic acids is 1. The van der Waals surface area contributed by atoms with Gasteiger partial charge in [0, 0.05) is 0 Å². The highest BCUT2D eigenvalue weighted by atomic mass is 16.5. The van der Waals surface area contributed by atoms with E-state index < -0.39 is 12.6 Å². The Morgan fingerprint density at radius 1 is 1.25 bits per heavy atom. The van der Waals surface area contributed by atoms with Gasteiger partial charge in [-0.25, -0.2) is 10.2 Å². The Labute approximate surface area is 138 Å². The summed E-state index contributed by atoms with van der Waals surface area (Å²) in [7, 11) is 0. The van der Waals surface area contributed by atoms with Gasteiger partial charge in [-0.3, -0.25) is 4.79 Å². The molecule has 1 heterocycles. The smallest absolute Gasteiger partial charge is 0.341 e. The molecule has 2 rings (SSSR count). The first-order valence-corrected chi connectivity index (χ1v) is 7.37. The van der Waals surface area contributed by atoms with Crippen molar-refractivity contribution in [1.29, 1.82) is 0 Å². The molecule has 7 nitrogen and oxygen atoms in total. The number of furan rings is 1. The van der Waals surface area contributed by atoms with Gasteiger partial charge in [-0.1, -0.05) is 6.92 Å². The van der Waals surface area contributed by atoms with Crippen LogP contribution in [-0.2, 0) is 4.79 Å². The fourth-order valence-electron chi connectivity index (χ4n) is 2.04. The van der Waals surface area contributed by atoms with Gasteiger partial charge in [0.2, 0.25) is 0 Å². The molecule has 0 aliphatic heterocycles. The summed E-state index contributed by atoms with van der Waals surface area (Å²) in [6.45, 7) is 3.23. The standard InChI is InChI=1S/C17H18N2O5/c1-3-15(18-19-17(22)14-8-9-23-11(14)2)12-4-6-13(7-5-12)24-10-16(20)21/h4-9H,3,10H2,1-2H3,(H,19,22)(H,20,21)/b18-15-. The second kappa shape index (κ2) is 7.96. The van der Waals surface area contributed by atoms with Crippen molar-refractivity contribution in [3.8, 4) is 5.75 Å². The van der Waals surface area contributed by atoms with Crippen molar-refractivity contribution in [3.63, 3.8) is 0 Å². The number of aryl methyl sites for hydroxylation is 1. The van der Waals surface area contributed by atoms with Crippen LogP contribution in [0.5, 0.6) is 5.75 Å². The van der Waals surface area contributed by atoms with Crippen LogP contribution in [0, 0.1) is 6.92 Å². The van der Waals surface area contributed by atoms with Gasteiger partial charge < -0.3 is 14.3 Å². The van der Waals surface area contributed by atoms with Crippen LogP contribution in [0.3, 0.4) is 0 Å². The van der Waals surface area contributed by atoms with Crippen molar-refractivity contribution in [2.45, 2.75) is 20.3 Å². The normalized spacial score (nSPS) is 11.2. The molecule has 2 N–H and O–H groups in total. The lowest BCUT2D eigenvalue weighted by atomic mass is 10.1. The molecule has 0 bridgehead atoms. The number of aliphatic carboxylic acids is 1. The topological polar surface area (TPSA) is 101 Å². The van der Waals surface area contributed by atoms with E-state index in [1.54, 1.807) is 37.3 Å². The zero-order chi connectivity index (χ0) is 17.5. The summed E-state index contributed by atoms with van der Waals surface area (Å²) in [6, 6.07) is 8.42. The second-order valence-corrected chi connectivity index (χ2v) is 4.95. The van der Waals surface area contributed by atoms with Gasteiger partial charge in [0.05, 0.1) is 17.5 Å². The van der Waals surface area contributed by atoms with Crippen LogP contribution in [0.4, 0.5) is 0 Å². The summed E-state index contributed by atoms with van der Waals surface area (Å²) in [4.78, 5) is 22.5. The molecule has 1 aromatic heterocycles. The van der Waals surface area contributed by atoms with Crippen molar-refractivity contribution >= 4 is 17.6 Å². The lowest BCUT2D eigenvalue weighted by molar-refractivity contribution is -0.139. The lowest BCUT2D eigenvalue weighted by Crippen LogP contribution is -2.20. The molecule has 126 valence electrons. The summed E-state index contributed by atoms with van der Waals surface area (Å²) >= 11 is 0. The highest BCUT2D eigenvalue weighted by molar-refractivity contribution is 6.02. The van der Waals surface area contributed by atoms with Gasteiger partial charge >= 0.3 is 5.97 Å². The minimum absolute atomic E-state index is 0.339. The molecular formula is C17H18N2O5. The summed E-state index contributed by atoms with van der Waals surface area (Å²) in [5.74, 6) is -0.393. The number of hydrazone groups is 1. The maximum Gasteiger partial charge on any atom is 0.341 e. The van der Waals surface area contributed by atoms with E-state index in [1.165, 1.54) is 6.26 Å². The molecule has 1 amide bonds. The first-order chi connectivity index (χ1) is 11.5. The van der Waals surface area contributed by atoms with Crippen molar-refractivity contribution in [2.75, 3.05) is 6.61 Å². The van der Waals surface area contributed by atoms with E-state index in [0.29, 0.717) is 29.2 Å². The minimum Gasteiger partial charge on any atom is -0.482 e. The lowest BCUT2D eigenvalue weighted by Gasteiger charge is -2.07. The van der Waals surface area contributed by atoms with E-state index in [2.05, 4.69) is 10.5 Å². The van der Waals surface area contributed by atoms with Gasteiger partial charge in [0.1, 0.15) is 11.5 Å². The fraction of sp³-hybridized carbons (Fsp3) is 0.235. The van der Waals surface area contributed by atoms with Crippen LogP contribution >= 0.6 is 0 Å². The Morgan fingerprint density at radius 2 is 1.96 bits per heavy atom. The molecule has 0 atom stereocenters. The summed E-state index contributed by atoms with van der Waals surface area (Å²) in [6.07, 6.45) is 2.06. The first-order valence-electron chi connectivity index (χ1n) is 7.37. The number of nitrogens with one attached hydrogen (secondary N) is 1. The summed E-state index contributed by atoms with van der Waals surface area (Å²) < 4.78 is 10.2. The third-order valence-electron chi connectivity index (χ3n) is 3.28. The van der Waals surface area contributed by atoms with E-state index in [-0.39, 0.29) is 5.91 Å². The number of amides is 1. The van der Waals surface area contributed by atoms with Crippen molar-refractivity contribution < 1.29 is 23.8 Å². The molecule has 0 radical (unpaired) electrons. The largest absolute Gasteiger partial charge is 0.482 e. The molecule has 0 saturated carbocycles. The van der Waals surface area contributed by atoms with Crippen molar-refractivity contribution in [2.24, 2.45) is 5.10 Å². The highest BCUT2D eigenvalue weighted by Gasteiger charge is 2.11. The Hall–Kier alpha value is -3.09. The number of hydrogen-bond acceptors (Lipinski definition) is 5. The van der Waals surface area contributed by atoms with E-state index >= 15 is 0 Å². The van der Waals surface area contributed by atoms with Gasteiger partial charge in [-0.2, -0.15) is 5.10 Å². The molecule has 0 aliphatic carbocycles. The second-order valence-electron chi connectivity index (χ2n) is 4.95. The molecule has 0 fully saturated rings. The van der Waals surface area contributed by atoms with Crippen LogP contribution < -0.4 is 10.2 Å². The zero-order valence-electron chi connectivity index (χ0n) is 13.4. The number of carbonyl (C=O) groups is 2. The minimum atomic E-state index is -1.04. The van der Waals surface area contributed by atoms with E-state index in [9.17, 15) is 9.59 Å². The summed E-state index contributed by atoms with van der Waals surface area (Å²) in [5.41, 5.74) is 4.45. The number of benzene rings is 1. The average molecular weight is 330 g/mol. The maximum atomic E-state index is 12.0. The van der Waals surface area contributed by atoms with Crippen LogP contribution in [0.2, 0.25) is 0 Å². The Bertz CT molecular complexity index is 747. The SMILES string of the molecule is CC/C(=N/NC(=O)c1ccoc1C)c1ccc(OCC(=O)O)cc1. The van der Waals surface area contributed by atoms with Gasteiger partial charge in [0.15, 0.2) is 6.61 Å². The number of hydrogen-bond donors (Lipinski definition) is 2. The van der Waals surface area contributed by atoms with Gasteiger partial charge in [-0.15, -0.1) is 0 Å². The Morgan fingerprint density at radius 3 is 2.50 bits per heavy atom. The van der Waals surface area contributed by atoms with E-state index in [4.69, 9.17) is 14.3 Å². The third-order valence-corrected chi connectivity index (χ3v) is 3.28. The van der Waals surface area contributed by atoms with Crippen LogP contribution in [0.25, 0.3) is 0 Å². The van der Waals surface area contributed by atoms with Crippen molar-refractivity contribution in [3.05, 3.63) is 53.5 Å². The number of nitrogens with zero attached hydrogens (tertiary/aromatic N) is 1. The molecule has 7 heteroatoms. The Kier molecular flexibility index (Phi) is 5.73. The number of carbonyl (C=O) groups excluding carboxylic acids is 1. The predicted octanol–water partition coefficient (Wildman–Crippen LogP) is 2.60. The molecule has 1 aromatic carbocycles.